The first-order valence-electron chi connectivity index (χ1n) is 7.51. The molecule has 2 aromatic carbocycles. The van der Waals surface area contributed by atoms with Crippen LogP contribution in [0.4, 0.5) is 0 Å². The van der Waals surface area contributed by atoms with E-state index < -0.39 is 11.9 Å². The molecule has 0 fully saturated rings. The normalized spacial score (nSPS) is 10.0. The molecule has 0 radical (unpaired) electrons. The molecule has 26 heavy (non-hydrogen) atoms. The van der Waals surface area contributed by atoms with E-state index in [2.05, 4.69) is 22.9 Å². The largest absolute Gasteiger partial charge is 0.379 e. The summed E-state index contributed by atoms with van der Waals surface area (Å²) in [6, 6.07) is 13.4. The lowest BCUT2D eigenvalue weighted by molar-refractivity contribution is -0.209. The van der Waals surface area contributed by atoms with Crippen molar-refractivity contribution in [1.82, 2.24) is 0 Å². The fraction of sp³-hybridized carbons (Fsp3) is 0. The molecule has 0 N–H and O–H groups in total. The molecule has 0 saturated carbocycles. The monoisotopic (exact) mass is 352 g/mol. The van der Waals surface area contributed by atoms with E-state index in [1.807, 2.05) is 0 Å². The highest BCUT2D eigenvalue weighted by Crippen LogP contribution is 2.14. The Morgan fingerprint density at radius 1 is 0.654 bits per heavy atom. The van der Waals surface area contributed by atoms with E-state index in [-0.39, 0.29) is 0 Å². The van der Waals surface area contributed by atoms with E-state index in [9.17, 15) is 9.59 Å². The van der Waals surface area contributed by atoms with Gasteiger partial charge in [-0.3, -0.25) is 9.78 Å². The summed E-state index contributed by atoms with van der Waals surface area (Å²) in [7, 11) is 0. The molecule has 0 aliphatic rings. The maximum atomic E-state index is 11.5. The van der Waals surface area contributed by atoms with Gasteiger partial charge >= 0.3 is 11.9 Å². The van der Waals surface area contributed by atoms with E-state index in [1.54, 1.807) is 60.7 Å². The van der Waals surface area contributed by atoms with Gasteiger partial charge in [-0.25, -0.2) is 19.4 Å². The first kappa shape index (κ1) is 18.5. The van der Waals surface area contributed by atoms with Crippen LogP contribution >= 0.6 is 0 Å². The van der Waals surface area contributed by atoms with Crippen LogP contribution in [0.5, 0.6) is 11.5 Å². The first-order valence-corrected chi connectivity index (χ1v) is 7.51. The third kappa shape index (κ3) is 6.01. The van der Waals surface area contributed by atoms with Crippen LogP contribution in [-0.2, 0) is 19.4 Å². The fourth-order valence-corrected chi connectivity index (χ4v) is 1.69. The topological polar surface area (TPSA) is 71.1 Å². The Bertz CT molecular complexity index is 734. The highest BCUT2D eigenvalue weighted by Gasteiger charge is 2.05. The Morgan fingerprint density at radius 3 is 1.31 bits per heavy atom. The lowest BCUT2D eigenvalue weighted by atomic mass is 10.2. The third-order valence-electron chi connectivity index (χ3n) is 3.03. The molecule has 6 heteroatoms. The predicted octanol–water partition coefficient (Wildman–Crippen LogP) is 3.90. The molecular weight excluding hydrogens is 336 g/mol. The summed E-state index contributed by atoms with van der Waals surface area (Å²) in [5.74, 6) is -1.12. The molecule has 132 valence electrons. The van der Waals surface area contributed by atoms with Crippen LogP contribution in [-0.4, -0.2) is 11.9 Å². The summed E-state index contributed by atoms with van der Waals surface area (Å²) < 4.78 is 0. The van der Waals surface area contributed by atoms with Gasteiger partial charge in [-0.1, -0.05) is 49.6 Å². The highest BCUT2D eigenvalue weighted by atomic mass is 17.2. The van der Waals surface area contributed by atoms with E-state index >= 15 is 0 Å². The smallest absolute Gasteiger partial charge is 0.287 e. The molecule has 0 aliphatic heterocycles. The summed E-state index contributed by atoms with van der Waals surface area (Å²) >= 11 is 0. The first-order chi connectivity index (χ1) is 12.6. The minimum absolute atomic E-state index is 0.325. The Kier molecular flexibility index (Phi) is 6.76. The van der Waals surface area contributed by atoms with E-state index in [1.165, 1.54) is 0 Å². The van der Waals surface area contributed by atoms with E-state index in [0.717, 1.165) is 23.3 Å². The second-order valence-electron chi connectivity index (χ2n) is 4.85. The van der Waals surface area contributed by atoms with Crippen molar-refractivity contribution in [3.05, 3.63) is 85.0 Å². The third-order valence-corrected chi connectivity index (χ3v) is 3.03. The van der Waals surface area contributed by atoms with Crippen molar-refractivity contribution >= 4 is 24.1 Å². The lowest BCUT2D eigenvalue weighted by Crippen LogP contribution is -2.08. The average Bonchev–Trinajstić information content (AvgIpc) is 2.69. The summed E-state index contributed by atoms with van der Waals surface area (Å²) in [5, 5.41) is 0. The van der Waals surface area contributed by atoms with E-state index in [0.29, 0.717) is 11.5 Å². The molecule has 0 aromatic heterocycles. The second-order valence-corrected chi connectivity index (χ2v) is 4.85. The lowest BCUT2D eigenvalue weighted by Gasteiger charge is -2.03. The predicted molar refractivity (Wildman–Crippen MR) is 95.6 cm³/mol. The summed E-state index contributed by atoms with van der Waals surface area (Å²) in [4.78, 5) is 41.7. The number of rotatable bonds is 8. The van der Waals surface area contributed by atoms with Crippen LogP contribution in [0.15, 0.2) is 73.8 Å². The van der Waals surface area contributed by atoms with Gasteiger partial charge in [0.2, 0.25) is 0 Å². The van der Waals surface area contributed by atoms with Crippen LogP contribution in [0.25, 0.3) is 12.2 Å². The Labute approximate surface area is 150 Å². The van der Waals surface area contributed by atoms with Crippen LogP contribution in [0, 0.1) is 0 Å². The SMILES string of the molecule is C=Cc1ccc(OOC(=O)/C=C/C(=O)OOc2ccc(C=C)cc2)cc1. The summed E-state index contributed by atoms with van der Waals surface area (Å²) in [6.07, 6.45) is 5.04. The molecule has 2 rings (SSSR count). The van der Waals surface area contributed by atoms with Crippen LogP contribution in [0.1, 0.15) is 11.1 Å². The zero-order valence-corrected chi connectivity index (χ0v) is 13.8. The van der Waals surface area contributed by atoms with Gasteiger partial charge in [-0.15, -0.1) is 0 Å². The van der Waals surface area contributed by atoms with Gasteiger partial charge in [0.15, 0.2) is 11.5 Å². The Hall–Kier alpha value is -3.80. The second kappa shape index (κ2) is 9.48. The van der Waals surface area contributed by atoms with Crippen LogP contribution in [0.2, 0.25) is 0 Å². The number of hydrogen-bond donors (Lipinski definition) is 0. The Balaban J connectivity index is 1.74. The summed E-state index contributed by atoms with van der Waals surface area (Å²) in [5.41, 5.74) is 1.79. The van der Waals surface area contributed by atoms with Gasteiger partial charge in [0, 0.05) is 12.2 Å². The number of carbonyl (C=O) groups is 2. The molecule has 2 aromatic rings. The van der Waals surface area contributed by atoms with Crippen molar-refractivity contribution in [3.63, 3.8) is 0 Å². The van der Waals surface area contributed by atoms with Crippen molar-refractivity contribution in [2.24, 2.45) is 0 Å². The molecule has 0 bridgehead atoms. The van der Waals surface area contributed by atoms with Gasteiger partial charge in [0.25, 0.3) is 0 Å². The summed E-state index contributed by atoms with van der Waals surface area (Å²) in [6.45, 7) is 7.25. The number of carbonyl (C=O) groups excluding carboxylic acids is 2. The number of benzene rings is 2. The molecule has 6 nitrogen and oxygen atoms in total. The maximum absolute atomic E-state index is 11.5. The van der Waals surface area contributed by atoms with Crippen molar-refractivity contribution in [2.45, 2.75) is 0 Å². The van der Waals surface area contributed by atoms with Crippen molar-refractivity contribution in [2.75, 3.05) is 0 Å². The molecular formula is C20H16O6. The van der Waals surface area contributed by atoms with Gasteiger partial charge in [-0.05, 0) is 35.4 Å². The van der Waals surface area contributed by atoms with Gasteiger partial charge in [-0.2, -0.15) is 0 Å². The minimum Gasteiger partial charge on any atom is -0.287 e. The molecule has 0 amide bonds. The van der Waals surface area contributed by atoms with Crippen molar-refractivity contribution < 1.29 is 29.1 Å². The molecule has 0 atom stereocenters. The zero-order chi connectivity index (χ0) is 18.8. The van der Waals surface area contributed by atoms with Gasteiger partial charge in [0.1, 0.15) is 0 Å². The highest BCUT2D eigenvalue weighted by molar-refractivity contribution is 5.91. The molecule has 0 unspecified atom stereocenters. The fourth-order valence-electron chi connectivity index (χ4n) is 1.69. The minimum atomic E-state index is -0.884. The van der Waals surface area contributed by atoms with Crippen molar-refractivity contribution in [1.29, 1.82) is 0 Å². The molecule has 0 spiro atoms. The number of hydrogen-bond acceptors (Lipinski definition) is 6. The standard InChI is InChI=1S/C20H16O6/c1-3-15-5-9-17(10-6-15)23-25-19(21)13-14-20(22)26-24-18-11-7-16(4-2)8-12-18/h3-14H,1-2H2/b14-13+. The molecule has 0 saturated heterocycles. The van der Waals surface area contributed by atoms with Crippen molar-refractivity contribution in [3.8, 4) is 11.5 Å². The van der Waals surface area contributed by atoms with E-state index in [4.69, 9.17) is 9.78 Å². The molecule has 0 aliphatic carbocycles. The van der Waals surface area contributed by atoms with Crippen LogP contribution < -0.4 is 9.78 Å². The zero-order valence-electron chi connectivity index (χ0n) is 13.8. The quantitative estimate of drug-likeness (QED) is 0.408. The maximum Gasteiger partial charge on any atom is 0.379 e. The average molecular weight is 352 g/mol. The van der Waals surface area contributed by atoms with Crippen LogP contribution in [0.3, 0.4) is 0 Å². The Morgan fingerprint density at radius 2 is 1.00 bits per heavy atom. The van der Waals surface area contributed by atoms with Gasteiger partial charge in [0.05, 0.1) is 0 Å². The molecule has 0 heterocycles. The van der Waals surface area contributed by atoms with Gasteiger partial charge < -0.3 is 0 Å².